The third-order valence-electron chi connectivity index (χ3n) is 4.05. The Bertz CT molecular complexity index is 898. The molecule has 1 aromatic heterocycles. The van der Waals surface area contributed by atoms with Crippen LogP contribution >= 0.6 is 34.2 Å². The van der Waals surface area contributed by atoms with E-state index in [1.54, 1.807) is 0 Å². The van der Waals surface area contributed by atoms with Crippen LogP contribution in [0, 0.1) is 17.4 Å². The maximum absolute atomic E-state index is 5.90. The zero-order valence-corrected chi connectivity index (χ0v) is 17.0. The minimum absolute atomic E-state index is 0.670. The van der Waals surface area contributed by atoms with Crippen molar-refractivity contribution in [3.05, 3.63) is 85.7 Å². The molecular weight excluding hydrogens is 445 g/mol. The van der Waals surface area contributed by atoms with Crippen molar-refractivity contribution in [2.45, 2.75) is 20.4 Å². The van der Waals surface area contributed by atoms with Gasteiger partial charge in [0.2, 0.25) is 0 Å². The van der Waals surface area contributed by atoms with Crippen LogP contribution in [0.25, 0.3) is 5.69 Å². The highest BCUT2D eigenvalue weighted by atomic mass is 127. The van der Waals surface area contributed by atoms with E-state index in [2.05, 4.69) is 81.9 Å². The van der Waals surface area contributed by atoms with Crippen LogP contribution in [0.4, 0.5) is 0 Å². The summed E-state index contributed by atoms with van der Waals surface area (Å²) in [6.07, 6.45) is 1.88. The van der Waals surface area contributed by atoms with Crippen LogP contribution in [0.2, 0.25) is 5.02 Å². The second kappa shape index (κ2) is 8.06. The zero-order chi connectivity index (χ0) is 17.8. The Morgan fingerprint density at radius 2 is 1.84 bits per heavy atom. The second-order valence-corrected chi connectivity index (χ2v) is 7.43. The van der Waals surface area contributed by atoms with E-state index in [1.165, 1.54) is 20.6 Å². The van der Waals surface area contributed by atoms with Gasteiger partial charge in [0.05, 0.1) is 18.4 Å². The highest BCUT2D eigenvalue weighted by Gasteiger charge is 2.11. The first kappa shape index (κ1) is 18.0. The van der Waals surface area contributed by atoms with Crippen LogP contribution in [-0.4, -0.2) is 10.8 Å². The smallest absolute Gasteiger partial charge is 0.0588 e. The number of rotatable bonds is 5. The lowest BCUT2D eigenvalue weighted by Crippen LogP contribution is -2.06. The van der Waals surface area contributed by atoms with Gasteiger partial charge in [-0.15, -0.1) is 0 Å². The van der Waals surface area contributed by atoms with Gasteiger partial charge in [0.15, 0.2) is 0 Å². The molecule has 0 aliphatic heterocycles. The van der Waals surface area contributed by atoms with E-state index in [0.717, 1.165) is 16.1 Å². The molecule has 3 nitrogen and oxygen atoms in total. The van der Waals surface area contributed by atoms with E-state index >= 15 is 0 Å². The Labute approximate surface area is 166 Å². The number of para-hydroxylation sites is 1. The molecule has 0 unspecified atom stereocenters. The van der Waals surface area contributed by atoms with Gasteiger partial charge in [0.25, 0.3) is 0 Å². The third kappa shape index (κ3) is 4.25. The largest absolute Gasteiger partial charge is 0.317 e. The van der Waals surface area contributed by atoms with Crippen molar-refractivity contribution in [1.29, 1.82) is 0 Å². The standard InChI is InChI=1S/C20H19ClIN3/c1-14-11-17(13-24-23-12-16-7-9-18(21)10-8-16)15(2)25(14)20-6-4-3-5-19(20)22/h3-11,13,23H,12H2,1-2H3/b24-13-. The normalized spacial score (nSPS) is 11.2. The first-order valence-electron chi connectivity index (χ1n) is 8.00. The fourth-order valence-corrected chi connectivity index (χ4v) is 3.53. The molecule has 0 saturated heterocycles. The molecule has 0 radical (unpaired) electrons. The zero-order valence-electron chi connectivity index (χ0n) is 14.1. The highest BCUT2D eigenvalue weighted by Crippen LogP contribution is 2.23. The lowest BCUT2D eigenvalue weighted by Gasteiger charge is -2.11. The maximum atomic E-state index is 5.90. The Morgan fingerprint density at radius 1 is 1.12 bits per heavy atom. The van der Waals surface area contributed by atoms with Gasteiger partial charge in [-0.2, -0.15) is 5.10 Å². The van der Waals surface area contributed by atoms with Crippen molar-refractivity contribution in [2.75, 3.05) is 0 Å². The summed E-state index contributed by atoms with van der Waals surface area (Å²) in [4.78, 5) is 0. The number of hydrogen-bond acceptors (Lipinski definition) is 2. The first-order chi connectivity index (χ1) is 12.1. The number of nitrogens with zero attached hydrogens (tertiary/aromatic N) is 2. The molecule has 128 valence electrons. The number of hydrazone groups is 1. The first-order valence-corrected chi connectivity index (χ1v) is 9.46. The fraction of sp³-hybridized carbons (Fsp3) is 0.150. The lowest BCUT2D eigenvalue weighted by atomic mass is 10.2. The minimum atomic E-state index is 0.670. The molecule has 0 atom stereocenters. The van der Waals surface area contributed by atoms with Crippen molar-refractivity contribution in [3.63, 3.8) is 0 Å². The van der Waals surface area contributed by atoms with E-state index in [-0.39, 0.29) is 0 Å². The summed E-state index contributed by atoms with van der Waals surface area (Å²) in [6.45, 7) is 4.91. The van der Waals surface area contributed by atoms with Crippen molar-refractivity contribution in [2.24, 2.45) is 5.10 Å². The van der Waals surface area contributed by atoms with Gasteiger partial charge in [-0.05, 0) is 72.3 Å². The van der Waals surface area contributed by atoms with Gasteiger partial charge in [0, 0.05) is 25.5 Å². The SMILES string of the molecule is Cc1cc(/C=N\NCc2ccc(Cl)cc2)c(C)n1-c1ccccc1I. The Hall–Kier alpha value is -1.79. The van der Waals surface area contributed by atoms with E-state index in [4.69, 9.17) is 11.6 Å². The summed E-state index contributed by atoms with van der Waals surface area (Å²) >= 11 is 8.27. The average molecular weight is 464 g/mol. The molecule has 0 aliphatic carbocycles. The van der Waals surface area contributed by atoms with Crippen LogP contribution in [0.5, 0.6) is 0 Å². The van der Waals surface area contributed by atoms with Crippen molar-refractivity contribution in [1.82, 2.24) is 9.99 Å². The van der Waals surface area contributed by atoms with Crippen molar-refractivity contribution < 1.29 is 0 Å². The molecule has 25 heavy (non-hydrogen) atoms. The van der Waals surface area contributed by atoms with Gasteiger partial charge >= 0.3 is 0 Å². The van der Waals surface area contributed by atoms with Gasteiger partial charge in [-0.1, -0.05) is 35.9 Å². The summed E-state index contributed by atoms with van der Waals surface area (Å²) in [5.74, 6) is 0. The molecule has 5 heteroatoms. The van der Waals surface area contributed by atoms with Crippen LogP contribution in [-0.2, 0) is 6.54 Å². The molecule has 3 rings (SSSR count). The molecule has 0 amide bonds. The van der Waals surface area contributed by atoms with Crippen LogP contribution in [0.15, 0.2) is 59.7 Å². The van der Waals surface area contributed by atoms with Crippen molar-refractivity contribution >= 4 is 40.4 Å². The van der Waals surface area contributed by atoms with Gasteiger partial charge in [-0.25, -0.2) is 0 Å². The minimum Gasteiger partial charge on any atom is -0.317 e. The average Bonchev–Trinajstić information content (AvgIpc) is 2.88. The second-order valence-electron chi connectivity index (χ2n) is 5.83. The summed E-state index contributed by atoms with van der Waals surface area (Å²) in [6, 6.07) is 18.3. The fourth-order valence-electron chi connectivity index (χ4n) is 2.78. The van der Waals surface area contributed by atoms with Crippen LogP contribution in [0.1, 0.15) is 22.5 Å². The van der Waals surface area contributed by atoms with E-state index in [9.17, 15) is 0 Å². The van der Waals surface area contributed by atoms with E-state index in [1.807, 2.05) is 30.5 Å². The number of nitrogens with one attached hydrogen (secondary N) is 1. The predicted octanol–water partition coefficient (Wildman–Crippen LogP) is 5.48. The van der Waals surface area contributed by atoms with Gasteiger partial charge in [0.1, 0.15) is 0 Å². The lowest BCUT2D eigenvalue weighted by molar-refractivity contribution is 0.748. The Morgan fingerprint density at radius 3 is 2.56 bits per heavy atom. The molecule has 3 aromatic rings. The molecule has 1 N–H and O–H groups in total. The number of aromatic nitrogens is 1. The van der Waals surface area contributed by atoms with E-state index < -0.39 is 0 Å². The molecule has 0 aliphatic rings. The molecule has 1 heterocycles. The third-order valence-corrected chi connectivity index (χ3v) is 5.22. The molecule has 2 aromatic carbocycles. The highest BCUT2D eigenvalue weighted by molar-refractivity contribution is 14.1. The summed E-state index contributed by atoms with van der Waals surface area (Å²) in [7, 11) is 0. The summed E-state index contributed by atoms with van der Waals surface area (Å²) in [5, 5.41) is 5.11. The number of hydrogen-bond donors (Lipinski definition) is 1. The molecular formula is C20H19ClIN3. The Kier molecular flexibility index (Phi) is 5.81. The number of aryl methyl sites for hydroxylation is 1. The monoisotopic (exact) mass is 463 g/mol. The molecule has 0 spiro atoms. The summed E-state index contributed by atoms with van der Waals surface area (Å²) < 4.78 is 3.49. The maximum Gasteiger partial charge on any atom is 0.0588 e. The van der Waals surface area contributed by atoms with Crippen molar-refractivity contribution in [3.8, 4) is 5.69 Å². The summed E-state index contributed by atoms with van der Waals surface area (Å²) in [5.41, 5.74) is 8.92. The predicted molar refractivity (Wildman–Crippen MR) is 114 cm³/mol. The molecule has 0 bridgehead atoms. The number of benzene rings is 2. The van der Waals surface area contributed by atoms with Crippen LogP contribution in [0.3, 0.4) is 0 Å². The van der Waals surface area contributed by atoms with Gasteiger partial charge in [-0.3, -0.25) is 0 Å². The number of halogens is 2. The van der Waals surface area contributed by atoms with Gasteiger partial charge < -0.3 is 9.99 Å². The quantitative estimate of drug-likeness (QED) is 0.303. The molecule has 0 fully saturated rings. The van der Waals surface area contributed by atoms with E-state index in [0.29, 0.717) is 6.54 Å². The molecule has 0 saturated carbocycles. The topological polar surface area (TPSA) is 29.3 Å². The Balaban J connectivity index is 1.74. The van der Waals surface area contributed by atoms with Crippen LogP contribution < -0.4 is 5.43 Å².